The summed E-state index contributed by atoms with van der Waals surface area (Å²) in [7, 11) is 0. The van der Waals surface area contributed by atoms with Gasteiger partial charge in [0.1, 0.15) is 0 Å². The van der Waals surface area contributed by atoms with Crippen LogP contribution >= 0.6 is 0 Å². The van der Waals surface area contributed by atoms with Gasteiger partial charge in [0.2, 0.25) is 0 Å². The first-order valence-corrected chi connectivity index (χ1v) is 7.50. The predicted molar refractivity (Wildman–Crippen MR) is 80.2 cm³/mol. The van der Waals surface area contributed by atoms with Crippen LogP contribution in [0.2, 0.25) is 0 Å². The number of benzene rings is 1. The van der Waals surface area contributed by atoms with E-state index in [1.165, 1.54) is 5.56 Å². The number of hydrogen-bond acceptors (Lipinski definition) is 4. The third-order valence-corrected chi connectivity index (χ3v) is 4.19. The molecule has 0 saturated carbocycles. The maximum Gasteiger partial charge on any atom is 0.313 e. The first-order chi connectivity index (χ1) is 10.2. The minimum atomic E-state index is -0.599. The van der Waals surface area contributed by atoms with Gasteiger partial charge in [-0.1, -0.05) is 30.3 Å². The lowest BCUT2D eigenvalue weighted by Crippen LogP contribution is -2.44. The van der Waals surface area contributed by atoms with E-state index in [4.69, 9.17) is 10.00 Å². The van der Waals surface area contributed by atoms with Gasteiger partial charge in [-0.25, -0.2) is 0 Å². The highest BCUT2D eigenvalue weighted by molar-refractivity contribution is 5.77. The zero-order chi connectivity index (χ0) is 15.1. The molecule has 0 N–H and O–H groups in total. The molecule has 0 spiro atoms. The number of carbonyl (C=O) groups is 1. The van der Waals surface area contributed by atoms with Crippen LogP contribution in [-0.2, 0) is 16.1 Å². The van der Waals surface area contributed by atoms with E-state index >= 15 is 0 Å². The Morgan fingerprint density at radius 1 is 1.33 bits per heavy atom. The van der Waals surface area contributed by atoms with E-state index in [-0.39, 0.29) is 12.4 Å². The van der Waals surface area contributed by atoms with Crippen molar-refractivity contribution in [3.05, 3.63) is 35.9 Å². The number of carbonyl (C=O) groups excluding carboxylic acids is 1. The number of piperidine rings is 1. The standard InChI is InChI=1S/C17H22N2O2/c1-2-21-16(20)17(8-11-18)9-12-19(13-10-17)14-15-6-4-3-5-7-15/h3-7H,2,8-10,12-14H2,1H3. The van der Waals surface area contributed by atoms with E-state index in [0.717, 1.165) is 19.6 Å². The molecule has 4 heteroatoms. The minimum Gasteiger partial charge on any atom is -0.466 e. The van der Waals surface area contributed by atoms with Crippen molar-refractivity contribution in [3.8, 4) is 6.07 Å². The Hall–Kier alpha value is -1.86. The molecule has 1 fully saturated rings. The molecule has 0 unspecified atom stereocenters. The van der Waals surface area contributed by atoms with E-state index in [1.807, 2.05) is 25.1 Å². The summed E-state index contributed by atoms with van der Waals surface area (Å²) in [6, 6.07) is 12.5. The molecule has 1 saturated heterocycles. The quantitative estimate of drug-likeness (QED) is 0.781. The smallest absolute Gasteiger partial charge is 0.313 e. The van der Waals surface area contributed by atoms with Gasteiger partial charge in [0.15, 0.2) is 0 Å². The largest absolute Gasteiger partial charge is 0.466 e. The monoisotopic (exact) mass is 286 g/mol. The van der Waals surface area contributed by atoms with E-state index in [9.17, 15) is 4.79 Å². The third kappa shape index (κ3) is 3.83. The second-order valence-corrected chi connectivity index (χ2v) is 5.60. The summed E-state index contributed by atoms with van der Waals surface area (Å²) in [5.74, 6) is -0.203. The minimum absolute atomic E-state index is 0.203. The number of likely N-dealkylation sites (tertiary alicyclic amines) is 1. The SMILES string of the molecule is CCOC(=O)C1(CC#N)CCN(Cc2ccccc2)CC1. The molecule has 1 aromatic rings. The van der Waals surface area contributed by atoms with Gasteiger partial charge in [0, 0.05) is 6.54 Å². The molecule has 1 aromatic carbocycles. The molecule has 0 atom stereocenters. The van der Waals surface area contributed by atoms with Crippen LogP contribution in [0, 0.1) is 16.7 Å². The highest BCUT2D eigenvalue weighted by atomic mass is 16.5. The fourth-order valence-corrected chi connectivity index (χ4v) is 2.87. The van der Waals surface area contributed by atoms with Crippen LogP contribution in [0.3, 0.4) is 0 Å². The summed E-state index contributed by atoms with van der Waals surface area (Å²) >= 11 is 0. The maximum atomic E-state index is 12.2. The highest BCUT2D eigenvalue weighted by Crippen LogP contribution is 2.36. The number of nitriles is 1. The Morgan fingerprint density at radius 3 is 2.57 bits per heavy atom. The maximum absolute atomic E-state index is 12.2. The fourth-order valence-electron chi connectivity index (χ4n) is 2.87. The van der Waals surface area contributed by atoms with Crippen molar-refractivity contribution in [2.24, 2.45) is 5.41 Å². The van der Waals surface area contributed by atoms with Crippen LogP contribution in [0.15, 0.2) is 30.3 Å². The number of esters is 1. The van der Waals surface area contributed by atoms with E-state index in [1.54, 1.807) is 0 Å². The summed E-state index contributed by atoms with van der Waals surface area (Å²) in [6.45, 7) is 4.74. The van der Waals surface area contributed by atoms with Gasteiger partial charge in [-0.2, -0.15) is 5.26 Å². The Bertz CT molecular complexity index is 499. The van der Waals surface area contributed by atoms with Gasteiger partial charge in [-0.05, 0) is 38.4 Å². The lowest BCUT2D eigenvalue weighted by molar-refractivity contribution is -0.158. The second-order valence-electron chi connectivity index (χ2n) is 5.60. The van der Waals surface area contributed by atoms with Crippen LogP contribution in [0.1, 0.15) is 31.7 Å². The van der Waals surface area contributed by atoms with Gasteiger partial charge >= 0.3 is 5.97 Å². The normalized spacial score (nSPS) is 17.9. The van der Waals surface area contributed by atoms with Gasteiger partial charge in [0.05, 0.1) is 24.5 Å². The molecule has 1 aliphatic rings. The molecular weight excluding hydrogens is 264 g/mol. The average molecular weight is 286 g/mol. The lowest BCUT2D eigenvalue weighted by Gasteiger charge is -2.38. The second kappa shape index (κ2) is 7.24. The predicted octanol–water partition coefficient (Wildman–Crippen LogP) is 2.75. The van der Waals surface area contributed by atoms with Crippen LogP contribution in [-0.4, -0.2) is 30.6 Å². The van der Waals surface area contributed by atoms with Crippen LogP contribution in [0.4, 0.5) is 0 Å². The van der Waals surface area contributed by atoms with Gasteiger partial charge in [0.25, 0.3) is 0 Å². The molecule has 0 aromatic heterocycles. The number of hydrogen-bond donors (Lipinski definition) is 0. The summed E-state index contributed by atoms with van der Waals surface area (Å²) in [6.07, 6.45) is 1.66. The van der Waals surface area contributed by atoms with E-state index < -0.39 is 5.41 Å². The molecule has 1 aliphatic heterocycles. The lowest BCUT2D eigenvalue weighted by atomic mass is 9.76. The Balaban J connectivity index is 1.96. The average Bonchev–Trinajstić information content (AvgIpc) is 2.51. The zero-order valence-corrected chi connectivity index (χ0v) is 12.5. The van der Waals surface area contributed by atoms with Crippen molar-refractivity contribution in [3.63, 3.8) is 0 Å². The first-order valence-electron chi connectivity index (χ1n) is 7.50. The van der Waals surface area contributed by atoms with E-state index in [0.29, 0.717) is 19.4 Å². The number of ether oxygens (including phenoxy) is 1. The van der Waals surface area contributed by atoms with Crippen LogP contribution in [0.5, 0.6) is 0 Å². The Labute approximate surface area is 126 Å². The van der Waals surface area contributed by atoms with Gasteiger partial charge in [-0.15, -0.1) is 0 Å². The fraction of sp³-hybridized carbons (Fsp3) is 0.529. The zero-order valence-electron chi connectivity index (χ0n) is 12.5. The summed E-state index contributed by atoms with van der Waals surface area (Å²) < 4.78 is 5.18. The van der Waals surface area contributed by atoms with Crippen molar-refractivity contribution in [1.82, 2.24) is 4.90 Å². The summed E-state index contributed by atoms with van der Waals surface area (Å²) in [5, 5.41) is 9.03. The molecular formula is C17H22N2O2. The van der Waals surface area contributed by atoms with Gasteiger partial charge in [-0.3, -0.25) is 9.69 Å². The number of nitrogens with zero attached hydrogens (tertiary/aromatic N) is 2. The van der Waals surface area contributed by atoms with Crippen LogP contribution in [0.25, 0.3) is 0 Å². The number of rotatable bonds is 5. The molecule has 21 heavy (non-hydrogen) atoms. The van der Waals surface area contributed by atoms with Crippen LogP contribution < -0.4 is 0 Å². The molecule has 1 heterocycles. The topological polar surface area (TPSA) is 53.3 Å². The first kappa shape index (κ1) is 15.5. The molecule has 2 rings (SSSR count). The molecule has 0 amide bonds. The summed E-state index contributed by atoms with van der Waals surface area (Å²) in [5.41, 5.74) is 0.680. The third-order valence-electron chi connectivity index (χ3n) is 4.19. The highest BCUT2D eigenvalue weighted by Gasteiger charge is 2.42. The summed E-state index contributed by atoms with van der Waals surface area (Å²) in [4.78, 5) is 14.5. The van der Waals surface area contributed by atoms with Crippen molar-refractivity contribution < 1.29 is 9.53 Å². The van der Waals surface area contributed by atoms with Crippen molar-refractivity contribution in [1.29, 1.82) is 5.26 Å². The van der Waals surface area contributed by atoms with Crippen molar-refractivity contribution in [2.45, 2.75) is 32.7 Å². The molecule has 0 radical (unpaired) electrons. The van der Waals surface area contributed by atoms with Gasteiger partial charge < -0.3 is 4.74 Å². The Kier molecular flexibility index (Phi) is 5.35. The van der Waals surface area contributed by atoms with E-state index in [2.05, 4.69) is 23.1 Å². The molecule has 0 bridgehead atoms. The van der Waals surface area contributed by atoms with Crippen molar-refractivity contribution >= 4 is 5.97 Å². The molecule has 112 valence electrons. The van der Waals surface area contributed by atoms with Crippen molar-refractivity contribution in [2.75, 3.05) is 19.7 Å². The molecule has 4 nitrogen and oxygen atoms in total. The Morgan fingerprint density at radius 2 is 2.00 bits per heavy atom. The molecule has 0 aliphatic carbocycles.